The van der Waals surface area contributed by atoms with Crippen LogP contribution in [0.1, 0.15) is 44.2 Å². The van der Waals surface area contributed by atoms with E-state index in [2.05, 4.69) is 24.8 Å². The zero-order valence-corrected chi connectivity index (χ0v) is 11.7. The van der Waals surface area contributed by atoms with Gasteiger partial charge in [-0.1, -0.05) is 19.9 Å². The molecular weight excluding hydrogens is 222 g/mol. The van der Waals surface area contributed by atoms with Crippen molar-refractivity contribution in [2.45, 2.75) is 52.0 Å². The van der Waals surface area contributed by atoms with Crippen LogP contribution >= 0.6 is 0 Å². The number of aromatic hydroxyl groups is 1. The van der Waals surface area contributed by atoms with E-state index in [1.165, 1.54) is 43.5 Å². The second kappa shape index (κ2) is 6.24. The summed E-state index contributed by atoms with van der Waals surface area (Å²) in [7, 11) is 0. The van der Waals surface area contributed by atoms with Crippen molar-refractivity contribution in [3.63, 3.8) is 0 Å². The molecule has 18 heavy (non-hydrogen) atoms. The number of fused-ring (bicyclic) bond motifs is 1. The van der Waals surface area contributed by atoms with E-state index < -0.39 is 0 Å². The molecule has 2 nitrogen and oxygen atoms in total. The number of phenolic OH excluding ortho intramolecular Hbond substituents is 1. The zero-order chi connectivity index (χ0) is 13.0. The Morgan fingerprint density at radius 2 is 1.89 bits per heavy atom. The largest absolute Gasteiger partial charge is 0.508 e. The highest BCUT2D eigenvalue weighted by Gasteiger charge is 2.23. The number of aryl methyl sites for hydroxylation is 1. The van der Waals surface area contributed by atoms with Crippen molar-refractivity contribution >= 4 is 0 Å². The lowest BCUT2D eigenvalue weighted by molar-refractivity contribution is 0.180. The standard InChI is InChI=1S/C16H25NO/c1-3-9-17(10-4-2)15-7-5-14-12-16(18)8-6-13(14)11-15/h6,8,12,15,18H,3-5,7,9-11H2,1-2H3/t15-/m0/s1. The van der Waals surface area contributed by atoms with Gasteiger partial charge >= 0.3 is 0 Å². The van der Waals surface area contributed by atoms with E-state index >= 15 is 0 Å². The maximum absolute atomic E-state index is 9.52. The van der Waals surface area contributed by atoms with Crippen LogP contribution in [0.3, 0.4) is 0 Å². The van der Waals surface area contributed by atoms with Crippen molar-refractivity contribution in [1.29, 1.82) is 0 Å². The summed E-state index contributed by atoms with van der Waals surface area (Å²) in [5.74, 6) is 0.408. The van der Waals surface area contributed by atoms with Crippen molar-refractivity contribution in [1.82, 2.24) is 4.90 Å². The smallest absolute Gasteiger partial charge is 0.115 e. The molecule has 0 unspecified atom stereocenters. The van der Waals surface area contributed by atoms with Gasteiger partial charge < -0.3 is 10.0 Å². The number of phenols is 1. The van der Waals surface area contributed by atoms with Gasteiger partial charge in [0.15, 0.2) is 0 Å². The number of benzene rings is 1. The van der Waals surface area contributed by atoms with Gasteiger partial charge in [-0.3, -0.25) is 0 Å². The summed E-state index contributed by atoms with van der Waals surface area (Å²) in [5, 5.41) is 9.52. The molecule has 1 aliphatic carbocycles. The van der Waals surface area contributed by atoms with Crippen molar-refractivity contribution in [2.24, 2.45) is 0 Å². The second-order valence-electron chi connectivity index (χ2n) is 5.39. The second-order valence-corrected chi connectivity index (χ2v) is 5.39. The minimum Gasteiger partial charge on any atom is -0.508 e. The molecular formula is C16H25NO. The van der Waals surface area contributed by atoms with E-state index in [0.717, 1.165) is 12.8 Å². The van der Waals surface area contributed by atoms with Gasteiger partial charge in [0.1, 0.15) is 5.75 Å². The van der Waals surface area contributed by atoms with Crippen molar-refractivity contribution in [2.75, 3.05) is 13.1 Å². The minimum absolute atomic E-state index is 0.408. The summed E-state index contributed by atoms with van der Waals surface area (Å²) in [6, 6.07) is 6.56. The van der Waals surface area contributed by atoms with Gasteiger partial charge in [0, 0.05) is 6.04 Å². The SMILES string of the molecule is CCCN(CCC)[C@H]1CCc2cc(O)ccc2C1. The zero-order valence-electron chi connectivity index (χ0n) is 11.7. The molecule has 0 bridgehead atoms. The average Bonchev–Trinajstić information content (AvgIpc) is 2.38. The van der Waals surface area contributed by atoms with Gasteiger partial charge in [0.25, 0.3) is 0 Å². The molecule has 100 valence electrons. The lowest BCUT2D eigenvalue weighted by atomic mass is 9.87. The summed E-state index contributed by atoms with van der Waals surface area (Å²) < 4.78 is 0. The number of hydrogen-bond acceptors (Lipinski definition) is 2. The van der Waals surface area contributed by atoms with E-state index in [9.17, 15) is 5.11 Å². The highest BCUT2D eigenvalue weighted by Crippen LogP contribution is 2.27. The Labute approximate surface area is 111 Å². The highest BCUT2D eigenvalue weighted by molar-refractivity contribution is 5.37. The van der Waals surface area contributed by atoms with Gasteiger partial charge in [-0.2, -0.15) is 0 Å². The Morgan fingerprint density at radius 1 is 1.17 bits per heavy atom. The highest BCUT2D eigenvalue weighted by atomic mass is 16.3. The van der Waals surface area contributed by atoms with Gasteiger partial charge in [-0.05, 0) is 68.5 Å². The van der Waals surface area contributed by atoms with Crippen LogP contribution in [0.2, 0.25) is 0 Å². The lowest BCUT2D eigenvalue weighted by Crippen LogP contribution is -2.40. The molecule has 1 aliphatic rings. The third kappa shape index (κ3) is 3.05. The molecule has 0 radical (unpaired) electrons. The fourth-order valence-electron chi connectivity index (χ4n) is 3.09. The Kier molecular flexibility index (Phi) is 4.65. The third-order valence-corrected chi connectivity index (χ3v) is 3.93. The third-order valence-electron chi connectivity index (χ3n) is 3.93. The Hall–Kier alpha value is -1.02. The summed E-state index contributed by atoms with van der Waals surface area (Å²) in [6.07, 6.45) is 5.96. The molecule has 0 heterocycles. The lowest BCUT2D eigenvalue weighted by Gasteiger charge is -2.35. The molecule has 1 atom stereocenters. The Morgan fingerprint density at radius 3 is 2.56 bits per heavy atom. The maximum atomic E-state index is 9.52. The fraction of sp³-hybridized carbons (Fsp3) is 0.625. The topological polar surface area (TPSA) is 23.5 Å². The van der Waals surface area contributed by atoms with Crippen LogP contribution in [0.4, 0.5) is 0 Å². The van der Waals surface area contributed by atoms with Crippen LogP contribution in [0, 0.1) is 0 Å². The van der Waals surface area contributed by atoms with Gasteiger partial charge in [0.05, 0.1) is 0 Å². The van der Waals surface area contributed by atoms with E-state index in [1.807, 2.05) is 12.1 Å². The summed E-state index contributed by atoms with van der Waals surface area (Å²) in [4.78, 5) is 2.65. The first-order chi connectivity index (χ1) is 8.74. The predicted molar refractivity (Wildman–Crippen MR) is 76.1 cm³/mol. The minimum atomic E-state index is 0.408. The maximum Gasteiger partial charge on any atom is 0.115 e. The number of hydrogen-bond donors (Lipinski definition) is 1. The molecule has 1 N–H and O–H groups in total. The van der Waals surface area contributed by atoms with Crippen molar-refractivity contribution < 1.29 is 5.11 Å². The number of nitrogens with zero attached hydrogens (tertiary/aromatic N) is 1. The summed E-state index contributed by atoms with van der Waals surface area (Å²) >= 11 is 0. The Balaban J connectivity index is 2.07. The molecule has 0 amide bonds. The molecule has 2 heteroatoms. The van der Waals surface area contributed by atoms with Gasteiger partial charge in [0.2, 0.25) is 0 Å². The fourth-order valence-corrected chi connectivity index (χ4v) is 3.09. The molecule has 0 aliphatic heterocycles. The van der Waals surface area contributed by atoms with Crippen LogP contribution in [0.25, 0.3) is 0 Å². The van der Waals surface area contributed by atoms with Crippen LogP contribution in [0.5, 0.6) is 5.75 Å². The van der Waals surface area contributed by atoms with Gasteiger partial charge in [-0.15, -0.1) is 0 Å². The van der Waals surface area contributed by atoms with Gasteiger partial charge in [-0.25, -0.2) is 0 Å². The molecule has 1 aromatic carbocycles. The Bertz CT molecular complexity index is 383. The van der Waals surface area contributed by atoms with E-state index in [-0.39, 0.29) is 0 Å². The van der Waals surface area contributed by atoms with E-state index in [1.54, 1.807) is 0 Å². The molecule has 0 aromatic heterocycles. The summed E-state index contributed by atoms with van der Waals surface area (Å²) in [6.45, 7) is 6.95. The van der Waals surface area contributed by atoms with Crippen LogP contribution in [-0.2, 0) is 12.8 Å². The first-order valence-electron chi connectivity index (χ1n) is 7.29. The monoisotopic (exact) mass is 247 g/mol. The molecule has 0 saturated carbocycles. The van der Waals surface area contributed by atoms with Crippen molar-refractivity contribution in [3.8, 4) is 5.75 Å². The number of rotatable bonds is 5. The van der Waals surface area contributed by atoms with E-state index in [0.29, 0.717) is 11.8 Å². The first kappa shape index (κ1) is 13.4. The van der Waals surface area contributed by atoms with Crippen molar-refractivity contribution in [3.05, 3.63) is 29.3 Å². The van der Waals surface area contributed by atoms with E-state index in [4.69, 9.17) is 0 Å². The first-order valence-corrected chi connectivity index (χ1v) is 7.29. The quantitative estimate of drug-likeness (QED) is 0.862. The predicted octanol–water partition coefficient (Wildman–Crippen LogP) is 3.37. The molecule has 2 rings (SSSR count). The van der Waals surface area contributed by atoms with Crippen LogP contribution in [0.15, 0.2) is 18.2 Å². The van der Waals surface area contributed by atoms with Crippen LogP contribution < -0.4 is 0 Å². The molecule has 1 aromatic rings. The molecule has 0 fully saturated rings. The summed E-state index contributed by atoms with van der Waals surface area (Å²) in [5.41, 5.74) is 2.78. The molecule has 0 saturated heterocycles. The molecule has 0 spiro atoms. The normalized spacial score (nSPS) is 18.9. The average molecular weight is 247 g/mol. The van der Waals surface area contributed by atoms with Crippen LogP contribution in [-0.4, -0.2) is 29.1 Å².